The van der Waals surface area contributed by atoms with E-state index in [0.717, 1.165) is 18.4 Å². The molecule has 1 aliphatic rings. The Hall–Kier alpha value is -1.44. The Morgan fingerprint density at radius 3 is 2.65 bits per heavy atom. The molecule has 0 unspecified atom stereocenters. The number of hydrogen-bond donors (Lipinski definition) is 1. The van der Waals surface area contributed by atoms with Gasteiger partial charge in [-0.05, 0) is 38.8 Å². The molecule has 1 aromatic carbocycles. The normalized spacial score (nSPS) is 20.0. The Kier molecular flexibility index (Phi) is 6.15. The highest BCUT2D eigenvalue weighted by molar-refractivity contribution is 7.89. The van der Waals surface area contributed by atoms with E-state index in [2.05, 4.69) is 4.72 Å². The molecule has 0 spiro atoms. The van der Waals surface area contributed by atoms with Crippen LogP contribution in [-0.4, -0.2) is 40.2 Å². The van der Waals surface area contributed by atoms with Crippen LogP contribution in [0, 0.1) is 12.8 Å². The molecule has 0 aromatic heterocycles. The third-order valence-electron chi connectivity index (χ3n) is 3.82. The van der Waals surface area contributed by atoms with E-state index in [1.165, 1.54) is 12.1 Å². The fourth-order valence-electron chi connectivity index (χ4n) is 2.55. The van der Waals surface area contributed by atoms with Gasteiger partial charge in [0.2, 0.25) is 10.0 Å². The van der Waals surface area contributed by atoms with Crippen molar-refractivity contribution in [1.82, 2.24) is 4.72 Å². The molecule has 0 radical (unpaired) electrons. The molecule has 0 aliphatic carbocycles. The number of hydrogen-bond acceptors (Lipinski definition) is 5. The lowest BCUT2D eigenvalue weighted by atomic mass is 9.94. The van der Waals surface area contributed by atoms with Crippen LogP contribution in [0.3, 0.4) is 0 Å². The summed E-state index contributed by atoms with van der Waals surface area (Å²) < 4.78 is 38.0. The van der Waals surface area contributed by atoms with E-state index in [4.69, 9.17) is 9.47 Å². The van der Waals surface area contributed by atoms with E-state index < -0.39 is 22.0 Å². The third-order valence-corrected chi connectivity index (χ3v) is 5.28. The Balaban J connectivity index is 2.21. The van der Waals surface area contributed by atoms with Gasteiger partial charge in [0.1, 0.15) is 6.04 Å². The number of carbonyl (C=O) groups excluding carboxylic acids is 1. The summed E-state index contributed by atoms with van der Waals surface area (Å²) in [6.07, 6.45) is 1.52. The van der Waals surface area contributed by atoms with Gasteiger partial charge in [0, 0.05) is 12.5 Å². The molecule has 1 fully saturated rings. The lowest BCUT2D eigenvalue weighted by Crippen LogP contribution is -2.49. The highest BCUT2D eigenvalue weighted by atomic mass is 32.2. The van der Waals surface area contributed by atoms with Gasteiger partial charge in [0.15, 0.2) is 0 Å². The van der Waals surface area contributed by atoms with Crippen LogP contribution in [-0.2, 0) is 24.3 Å². The summed E-state index contributed by atoms with van der Waals surface area (Å²) in [5.41, 5.74) is 0.964. The molecule has 7 heteroatoms. The zero-order valence-corrected chi connectivity index (χ0v) is 14.3. The van der Waals surface area contributed by atoms with Crippen molar-refractivity contribution < 1.29 is 22.7 Å². The molecule has 1 heterocycles. The maximum atomic E-state index is 12.5. The molecule has 6 nitrogen and oxygen atoms in total. The van der Waals surface area contributed by atoms with Gasteiger partial charge in [-0.1, -0.05) is 17.7 Å². The van der Waals surface area contributed by atoms with Gasteiger partial charge >= 0.3 is 5.97 Å². The van der Waals surface area contributed by atoms with Crippen LogP contribution in [0.5, 0.6) is 0 Å². The number of benzene rings is 1. The molecule has 2 rings (SSSR count). The minimum Gasteiger partial charge on any atom is -0.465 e. The summed E-state index contributed by atoms with van der Waals surface area (Å²) in [4.78, 5) is 12.3. The predicted molar refractivity (Wildman–Crippen MR) is 85.5 cm³/mol. The fraction of sp³-hybridized carbons (Fsp3) is 0.562. The molecule has 0 amide bonds. The minimum atomic E-state index is -3.80. The molecule has 1 saturated heterocycles. The van der Waals surface area contributed by atoms with Crippen LogP contribution in [0.1, 0.15) is 25.3 Å². The number of carbonyl (C=O) groups is 1. The van der Waals surface area contributed by atoms with Gasteiger partial charge < -0.3 is 9.47 Å². The molecule has 2 atom stereocenters. The van der Waals surface area contributed by atoms with Crippen molar-refractivity contribution >= 4 is 16.0 Å². The maximum Gasteiger partial charge on any atom is 0.324 e. The zero-order chi connectivity index (χ0) is 16.9. The number of nitrogens with one attached hydrogen (secondary N) is 1. The van der Waals surface area contributed by atoms with Crippen LogP contribution in [0.2, 0.25) is 0 Å². The van der Waals surface area contributed by atoms with Crippen LogP contribution >= 0.6 is 0 Å². The van der Waals surface area contributed by atoms with E-state index in [-0.39, 0.29) is 17.4 Å². The van der Waals surface area contributed by atoms with Crippen molar-refractivity contribution in [2.45, 2.75) is 37.6 Å². The molecule has 128 valence electrons. The van der Waals surface area contributed by atoms with Gasteiger partial charge in [-0.2, -0.15) is 4.72 Å². The van der Waals surface area contributed by atoms with Gasteiger partial charge in [0.25, 0.3) is 0 Å². The maximum absolute atomic E-state index is 12.5. The smallest absolute Gasteiger partial charge is 0.324 e. The molecular formula is C16H23NO5S. The van der Waals surface area contributed by atoms with Crippen molar-refractivity contribution in [1.29, 1.82) is 0 Å². The monoisotopic (exact) mass is 341 g/mol. The quantitative estimate of drug-likeness (QED) is 0.795. The van der Waals surface area contributed by atoms with E-state index in [9.17, 15) is 13.2 Å². The lowest BCUT2D eigenvalue weighted by Gasteiger charge is -2.29. The van der Waals surface area contributed by atoms with Crippen LogP contribution in [0.25, 0.3) is 0 Å². The Bertz CT molecular complexity index is 620. The molecule has 1 aromatic rings. The first-order valence-corrected chi connectivity index (χ1v) is 9.25. The molecule has 0 bridgehead atoms. The van der Waals surface area contributed by atoms with Gasteiger partial charge in [-0.15, -0.1) is 0 Å². The largest absolute Gasteiger partial charge is 0.465 e. The van der Waals surface area contributed by atoms with E-state index in [1.54, 1.807) is 19.1 Å². The van der Waals surface area contributed by atoms with Crippen molar-refractivity contribution in [3.8, 4) is 0 Å². The second-order valence-electron chi connectivity index (χ2n) is 5.64. The molecular weight excluding hydrogens is 318 g/mol. The van der Waals surface area contributed by atoms with Gasteiger partial charge in [-0.3, -0.25) is 4.79 Å². The molecule has 0 saturated carbocycles. The van der Waals surface area contributed by atoms with Crippen LogP contribution < -0.4 is 4.72 Å². The van der Waals surface area contributed by atoms with E-state index in [1.807, 2.05) is 6.92 Å². The summed E-state index contributed by atoms with van der Waals surface area (Å²) in [5, 5.41) is 0. The highest BCUT2D eigenvalue weighted by Crippen LogP contribution is 2.21. The SMILES string of the molecule is CCOC(=O)[C@H](NS(=O)(=O)c1ccc(C)cc1)[C@@H]1CCCOC1. The first-order valence-electron chi connectivity index (χ1n) is 7.77. The molecule has 1 N–H and O–H groups in total. The zero-order valence-electron chi connectivity index (χ0n) is 13.4. The average Bonchev–Trinajstić information content (AvgIpc) is 2.54. The first-order chi connectivity index (χ1) is 10.9. The number of aryl methyl sites for hydroxylation is 1. The molecule has 23 heavy (non-hydrogen) atoms. The van der Waals surface area contributed by atoms with E-state index in [0.29, 0.717) is 13.2 Å². The summed E-state index contributed by atoms with van der Waals surface area (Å²) in [6.45, 7) is 4.76. The highest BCUT2D eigenvalue weighted by Gasteiger charge is 2.35. The van der Waals surface area contributed by atoms with Crippen LogP contribution in [0.15, 0.2) is 29.2 Å². The van der Waals surface area contributed by atoms with Gasteiger partial charge in [-0.25, -0.2) is 8.42 Å². The van der Waals surface area contributed by atoms with Crippen molar-refractivity contribution in [3.05, 3.63) is 29.8 Å². The van der Waals surface area contributed by atoms with E-state index >= 15 is 0 Å². The second-order valence-corrected chi connectivity index (χ2v) is 7.36. The minimum absolute atomic E-state index is 0.133. The summed E-state index contributed by atoms with van der Waals surface area (Å²) >= 11 is 0. The van der Waals surface area contributed by atoms with Crippen molar-refractivity contribution in [2.75, 3.05) is 19.8 Å². The number of sulfonamides is 1. The number of esters is 1. The Morgan fingerprint density at radius 1 is 1.39 bits per heavy atom. The predicted octanol–water partition coefficient (Wildman–Crippen LogP) is 1.63. The topological polar surface area (TPSA) is 81.7 Å². The average molecular weight is 341 g/mol. The standard InChI is InChI=1S/C16H23NO5S/c1-3-22-16(18)15(13-5-4-10-21-11-13)17-23(19,20)14-8-6-12(2)7-9-14/h6-9,13,15,17H,3-5,10-11H2,1-2H3/t13-,15-/m1/s1. The lowest BCUT2D eigenvalue weighted by molar-refractivity contribution is -0.148. The van der Waals surface area contributed by atoms with Gasteiger partial charge in [0.05, 0.1) is 18.1 Å². The van der Waals surface area contributed by atoms with Crippen molar-refractivity contribution in [3.63, 3.8) is 0 Å². The Labute approximate surface area is 137 Å². The summed E-state index contributed by atoms with van der Waals surface area (Å²) in [6, 6.07) is 5.56. The fourth-order valence-corrected chi connectivity index (χ4v) is 3.80. The summed E-state index contributed by atoms with van der Waals surface area (Å²) in [7, 11) is -3.80. The van der Waals surface area contributed by atoms with Crippen LogP contribution in [0.4, 0.5) is 0 Å². The number of rotatable bonds is 6. The number of ether oxygens (including phenoxy) is 2. The molecule has 1 aliphatic heterocycles. The third kappa shape index (κ3) is 4.76. The Morgan fingerprint density at radius 2 is 2.09 bits per heavy atom. The summed E-state index contributed by atoms with van der Waals surface area (Å²) in [5.74, 6) is -0.776. The first kappa shape index (κ1) is 17.9. The van der Waals surface area contributed by atoms with Crippen molar-refractivity contribution in [2.24, 2.45) is 5.92 Å². The second kappa shape index (κ2) is 7.90.